The standard InChI is InChI=1S/C15H14FN7OS/c1-9-18-4-5-23(9)8-13-20-14(22-24-13)11-6-10(2-3-12(11)16)7-19-21-15(17)25/h2-7H,8H2,1H3,(H3,17,21,25). The number of hydrazone groups is 1. The normalized spacial score (nSPS) is 11.1. The lowest BCUT2D eigenvalue weighted by atomic mass is 10.1. The monoisotopic (exact) mass is 359 g/mol. The lowest BCUT2D eigenvalue weighted by Crippen LogP contribution is -2.23. The molecule has 3 rings (SSSR count). The topological polar surface area (TPSA) is 107 Å². The second-order valence-electron chi connectivity index (χ2n) is 5.09. The molecule has 0 fully saturated rings. The van der Waals surface area contributed by atoms with Gasteiger partial charge in [0.2, 0.25) is 11.7 Å². The molecule has 0 aliphatic rings. The molecule has 0 saturated heterocycles. The van der Waals surface area contributed by atoms with Crippen LogP contribution in [0.15, 0.2) is 40.2 Å². The largest absolute Gasteiger partial charge is 0.375 e. The first-order valence-corrected chi connectivity index (χ1v) is 7.62. The maximum Gasteiger partial charge on any atom is 0.246 e. The summed E-state index contributed by atoms with van der Waals surface area (Å²) >= 11 is 4.65. The number of nitrogens with zero attached hydrogens (tertiary/aromatic N) is 5. The highest BCUT2D eigenvalue weighted by Crippen LogP contribution is 2.21. The molecule has 8 nitrogen and oxygen atoms in total. The third-order valence-electron chi connectivity index (χ3n) is 3.32. The van der Waals surface area contributed by atoms with E-state index in [1.165, 1.54) is 12.3 Å². The molecular weight excluding hydrogens is 345 g/mol. The van der Waals surface area contributed by atoms with E-state index in [-0.39, 0.29) is 16.5 Å². The van der Waals surface area contributed by atoms with Crippen LogP contribution in [0, 0.1) is 12.7 Å². The van der Waals surface area contributed by atoms with E-state index in [4.69, 9.17) is 10.3 Å². The molecule has 10 heteroatoms. The van der Waals surface area contributed by atoms with Crippen molar-refractivity contribution in [3.05, 3.63) is 53.7 Å². The van der Waals surface area contributed by atoms with Crippen LogP contribution in [0.2, 0.25) is 0 Å². The molecular formula is C15H14FN7OS. The molecule has 3 aromatic rings. The van der Waals surface area contributed by atoms with E-state index < -0.39 is 5.82 Å². The van der Waals surface area contributed by atoms with E-state index in [0.29, 0.717) is 18.0 Å². The first-order valence-electron chi connectivity index (χ1n) is 7.21. The number of hydrogen-bond donors (Lipinski definition) is 2. The number of thiocarbonyl (C=S) groups is 1. The minimum Gasteiger partial charge on any atom is -0.375 e. The van der Waals surface area contributed by atoms with Gasteiger partial charge in [0.05, 0.1) is 11.8 Å². The molecule has 0 saturated carbocycles. The van der Waals surface area contributed by atoms with Gasteiger partial charge in [-0.05, 0) is 36.8 Å². The number of aryl methyl sites for hydroxylation is 1. The maximum atomic E-state index is 14.1. The molecule has 2 heterocycles. The summed E-state index contributed by atoms with van der Waals surface area (Å²) in [6.45, 7) is 2.22. The van der Waals surface area contributed by atoms with Crippen LogP contribution in [0.5, 0.6) is 0 Å². The number of imidazole rings is 1. The van der Waals surface area contributed by atoms with E-state index >= 15 is 0 Å². The summed E-state index contributed by atoms with van der Waals surface area (Å²) < 4.78 is 21.2. The molecule has 0 unspecified atom stereocenters. The molecule has 0 radical (unpaired) electrons. The van der Waals surface area contributed by atoms with Crippen LogP contribution in [-0.2, 0) is 6.54 Å². The van der Waals surface area contributed by atoms with Crippen LogP contribution in [-0.4, -0.2) is 31.0 Å². The van der Waals surface area contributed by atoms with Crippen molar-refractivity contribution in [3.63, 3.8) is 0 Å². The highest BCUT2D eigenvalue weighted by atomic mass is 32.1. The molecule has 0 aliphatic carbocycles. The Balaban J connectivity index is 1.82. The lowest BCUT2D eigenvalue weighted by Gasteiger charge is -2.00. The average Bonchev–Trinajstić information content (AvgIpc) is 3.19. The summed E-state index contributed by atoms with van der Waals surface area (Å²) in [6, 6.07) is 4.41. The summed E-state index contributed by atoms with van der Waals surface area (Å²) in [5, 5.41) is 7.72. The van der Waals surface area contributed by atoms with Gasteiger partial charge in [-0.25, -0.2) is 9.37 Å². The Morgan fingerprint density at radius 2 is 2.36 bits per heavy atom. The summed E-state index contributed by atoms with van der Waals surface area (Å²) in [6.07, 6.45) is 4.93. The number of nitrogens with two attached hydrogens (primary N) is 1. The molecule has 3 N–H and O–H groups in total. The summed E-state index contributed by atoms with van der Waals surface area (Å²) in [4.78, 5) is 8.36. The molecule has 0 amide bonds. The summed E-state index contributed by atoms with van der Waals surface area (Å²) in [5.41, 5.74) is 8.53. The van der Waals surface area contributed by atoms with Gasteiger partial charge < -0.3 is 14.8 Å². The molecule has 0 atom stereocenters. The molecule has 1 aromatic carbocycles. The van der Waals surface area contributed by atoms with E-state index in [0.717, 1.165) is 5.82 Å². The Morgan fingerprint density at radius 1 is 1.52 bits per heavy atom. The van der Waals surface area contributed by atoms with E-state index in [1.807, 2.05) is 11.5 Å². The maximum absolute atomic E-state index is 14.1. The van der Waals surface area contributed by atoms with Gasteiger partial charge in [-0.2, -0.15) is 10.1 Å². The zero-order chi connectivity index (χ0) is 17.8. The van der Waals surface area contributed by atoms with Crippen molar-refractivity contribution in [3.8, 4) is 11.4 Å². The number of rotatable bonds is 5. The highest BCUT2D eigenvalue weighted by Gasteiger charge is 2.14. The molecule has 0 bridgehead atoms. The van der Waals surface area contributed by atoms with Crippen molar-refractivity contribution in [2.45, 2.75) is 13.5 Å². The SMILES string of the molecule is Cc1nccn1Cc1nc(-c2cc(C=NNC(N)=S)ccc2F)no1. The fourth-order valence-corrected chi connectivity index (χ4v) is 2.16. The van der Waals surface area contributed by atoms with Gasteiger partial charge in [-0.15, -0.1) is 0 Å². The van der Waals surface area contributed by atoms with Crippen molar-refractivity contribution >= 4 is 23.5 Å². The zero-order valence-corrected chi connectivity index (χ0v) is 14.0. The van der Waals surface area contributed by atoms with Gasteiger partial charge in [0.25, 0.3) is 0 Å². The second-order valence-corrected chi connectivity index (χ2v) is 5.53. The Morgan fingerprint density at radius 3 is 3.08 bits per heavy atom. The van der Waals surface area contributed by atoms with Crippen LogP contribution < -0.4 is 11.2 Å². The van der Waals surface area contributed by atoms with Crippen LogP contribution >= 0.6 is 12.2 Å². The van der Waals surface area contributed by atoms with Crippen LogP contribution in [0.25, 0.3) is 11.4 Å². The van der Waals surface area contributed by atoms with Gasteiger partial charge >= 0.3 is 0 Å². The minimum atomic E-state index is -0.467. The van der Waals surface area contributed by atoms with Crippen LogP contribution in [0.3, 0.4) is 0 Å². The molecule has 0 spiro atoms. The van der Waals surface area contributed by atoms with E-state index in [9.17, 15) is 4.39 Å². The second kappa shape index (κ2) is 7.18. The minimum absolute atomic E-state index is 0.0381. The van der Waals surface area contributed by atoms with Gasteiger partial charge in [0, 0.05) is 12.4 Å². The third-order valence-corrected chi connectivity index (χ3v) is 3.41. The number of hydrogen-bond acceptors (Lipinski definition) is 6. The number of nitrogens with one attached hydrogen (secondary N) is 1. The third kappa shape index (κ3) is 4.04. The Hall–Kier alpha value is -3.14. The predicted octanol–water partition coefficient (Wildman–Crippen LogP) is 1.60. The van der Waals surface area contributed by atoms with Crippen molar-refractivity contribution in [2.24, 2.45) is 10.8 Å². The van der Waals surface area contributed by atoms with Gasteiger partial charge in [0.15, 0.2) is 5.11 Å². The lowest BCUT2D eigenvalue weighted by molar-refractivity contribution is 0.370. The first kappa shape index (κ1) is 16.7. The summed E-state index contributed by atoms with van der Waals surface area (Å²) in [5.74, 6) is 0.854. The molecule has 128 valence electrons. The van der Waals surface area contributed by atoms with E-state index in [2.05, 4.69) is 37.9 Å². The average molecular weight is 359 g/mol. The fourth-order valence-electron chi connectivity index (χ4n) is 2.11. The number of benzene rings is 1. The quantitative estimate of drug-likeness (QED) is 0.405. The van der Waals surface area contributed by atoms with Crippen LogP contribution in [0.4, 0.5) is 4.39 Å². The number of aromatic nitrogens is 4. The Kier molecular flexibility index (Phi) is 4.80. The Labute approximate surface area is 147 Å². The molecule has 2 aromatic heterocycles. The number of halogens is 1. The first-order chi connectivity index (χ1) is 12.0. The summed E-state index contributed by atoms with van der Waals surface area (Å²) in [7, 11) is 0. The molecule has 25 heavy (non-hydrogen) atoms. The highest BCUT2D eigenvalue weighted by molar-refractivity contribution is 7.80. The Bertz CT molecular complexity index is 934. The van der Waals surface area contributed by atoms with Gasteiger partial charge in [-0.1, -0.05) is 11.2 Å². The zero-order valence-electron chi connectivity index (χ0n) is 13.2. The van der Waals surface area contributed by atoms with E-state index in [1.54, 1.807) is 24.5 Å². The van der Waals surface area contributed by atoms with Crippen molar-refractivity contribution in [1.82, 2.24) is 25.1 Å². The van der Waals surface area contributed by atoms with Gasteiger partial charge in [0.1, 0.15) is 18.2 Å². The molecule has 0 aliphatic heterocycles. The van der Waals surface area contributed by atoms with Gasteiger partial charge in [-0.3, -0.25) is 5.43 Å². The predicted molar refractivity (Wildman–Crippen MR) is 93.3 cm³/mol. The van der Waals surface area contributed by atoms with Crippen molar-refractivity contribution in [2.75, 3.05) is 0 Å². The van der Waals surface area contributed by atoms with Crippen LogP contribution in [0.1, 0.15) is 17.3 Å². The fraction of sp³-hybridized carbons (Fsp3) is 0.133. The van der Waals surface area contributed by atoms with Crippen molar-refractivity contribution in [1.29, 1.82) is 0 Å². The van der Waals surface area contributed by atoms with Crippen molar-refractivity contribution < 1.29 is 8.91 Å². The smallest absolute Gasteiger partial charge is 0.246 e.